The van der Waals surface area contributed by atoms with Gasteiger partial charge in [-0.1, -0.05) is 12.5 Å². The largest absolute Gasteiger partial charge is 0.396 e. The maximum Gasteiger partial charge on any atom is 0.123 e. The minimum atomic E-state index is -0.216. The zero-order valence-corrected chi connectivity index (χ0v) is 10.3. The zero-order valence-electron chi connectivity index (χ0n) is 10.3. The van der Waals surface area contributed by atoms with Crippen LogP contribution < -0.4 is 0 Å². The molecular formula is C14H21FO2. The quantitative estimate of drug-likeness (QED) is 0.719. The minimum absolute atomic E-state index is 0.112. The molecule has 0 unspecified atom stereocenters. The molecule has 3 heteroatoms. The highest BCUT2D eigenvalue weighted by Gasteiger charge is 2.09. The van der Waals surface area contributed by atoms with E-state index >= 15 is 0 Å². The molecule has 96 valence electrons. The molecule has 1 atom stereocenters. The van der Waals surface area contributed by atoms with Crippen molar-refractivity contribution in [3.05, 3.63) is 35.1 Å². The molecule has 2 N–H and O–H groups in total. The van der Waals surface area contributed by atoms with Gasteiger partial charge >= 0.3 is 0 Å². The van der Waals surface area contributed by atoms with Gasteiger partial charge in [-0.05, 0) is 55.4 Å². The summed E-state index contributed by atoms with van der Waals surface area (Å²) in [6, 6.07) is 4.99. The van der Waals surface area contributed by atoms with Gasteiger partial charge in [0.25, 0.3) is 0 Å². The van der Waals surface area contributed by atoms with Gasteiger partial charge in [-0.15, -0.1) is 0 Å². The molecule has 2 nitrogen and oxygen atoms in total. The average molecular weight is 240 g/mol. The van der Waals surface area contributed by atoms with Crippen LogP contribution in [0.3, 0.4) is 0 Å². The van der Waals surface area contributed by atoms with E-state index in [4.69, 9.17) is 5.11 Å². The second-order valence-corrected chi connectivity index (χ2v) is 4.61. The first-order chi connectivity index (χ1) is 8.15. The number of hydrogen-bond donors (Lipinski definition) is 2. The van der Waals surface area contributed by atoms with E-state index in [0.29, 0.717) is 6.42 Å². The maximum atomic E-state index is 13.2. The third kappa shape index (κ3) is 5.29. The molecule has 1 aromatic rings. The number of aryl methyl sites for hydroxylation is 1. The molecule has 0 aromatic heterocycles. The van der Waals surface area contributed by atoms with Gasteiger partial charge in [0.2, 0.25) is 0 Å². The Kier molecular flexibility index (Phi) is 6.16. The van der Waals surface area contributed by atoms with Gasteiger partial charge in [-0.25, -0.2) is 4.39 Å². The van der Waals surface area contributed by atoms with Crippen molar-refractivity contribution in [1.82, 2.24) is 0 Å². The van der Waals surface area contributed by atoms with Crippen LogP contribution in [0, 0.1) is 18.7 Å². The molecule has 0 aliphatic heterocycles. The fraction of sp³-hybridized carbons (Fsp3) is 0.571. The summed E-state index contributed by atoms with van der Waals surface area (Å²) in [6.07, 6.45) is 3.22. The Morgan fingerprint density at radius 3 is 2.53 bits per heavy atom. The number of hydrogen-bond acceptors (Lipinski definition) is 2. The van der Waals surface area contributed by atoms with Crippen molar-refractivity contribution in [3.63, 3.8) is 0 Å². The molecule has 0 radical (unpaired) electrons. The van der Waals surface area contributed by atoms with E-state index < -0.39 is 0 Å². The summed E-state index contributed by atoms with van der Waals surface area (Å²) < 4.78 is 13.2. The molecular weight excluding hydrogens is 219 g/mol. The van der Waals surface area contributed by atoms with Crippen LogP contribution in [-0.4, -0.2) is 23.4 Å². The van der Waals surface area contributed by atoms with E-state index in [2.05, 4.69) is 0 Å². The predicted molar refractivity (Wildman–Crippen MR) is 66.4 cm³/mol. The number of rotatable bonds is 7. The Bertz CT molecular complexity index is 319. The van der Waals surface area contributed by atoms with Crippen molar-refractivity contribution >= 4 is 0 Å². The molecule has 0 amide bonds. The lowest BCUT2D eigenvalue weighted by Gasteiger charge is -2.14. The van der Waals surface area contributed by atoms with Gasteiger partial charge in [0.15, 0.2) is 0 Å². The van der Waals surface area contributed by atoms with Crippen LogP contribution in [0.1, 0.15) is 30.4 Å². The lowest BCUT2D eigenvalue weighted by molar-refractivity contribution is 0.209. The Morgan fingerprint density at radius 2 is 1.94 bits per heavy atom. The number of unbranched alkanes of at least 4 members (excludes halogenated alkanes) is 1. The molecule has 0 aliphatic rings. The first-order valence-corrected chi connectivity index (χ1v) is 6.13. The predicted octanol–water partition coefficient (Wildman–Crippen LogP) is 2.45. The van der Waals surface area contributed by atoms with Crippen molar-refractivity contribution < 1.29 is 14.6 Å². The highest BCUT2D eigenvalue weighted by molar-refractivity contribution is 5.23. The molecule has 0 heterocycles. The second-order valence-electron chi connectivity index (χ2n) is 4.61. The van der Waals surface area contributed by atoms with Gasteiger partial charge in [-0.3, -0.25) is 0 Å². The first-order valence-electron chi connectivity index (χ1n) is 6.13. The SMILES string of the molecule is Cc1cc(F)cc(C[C@@H](CO)CCCCO)c1. The normalized spacial score (nSPS) is 12.7. The van der Waals surface area contributed by atoms with Gasteiger partial charge in [0, 0.05) is 13.2 Å². The Labute approximate surface area is 102 Å². The van der Waals surface area contributed by atoms with Crippen LogP contribution in [0.25, 0.3) is 0 Å². The molecule has 1 aromatic carbocycles. The van der Waals surface area contributed by atoms with Crippen LogP contribution in [0.4, 0.5) is 4.39 Å². The first kappa shape index (κ1) is 14.1. The van der Waals surface area contributed by atoms with Gasteiger partial charge in [0.05, 0.1) is 0 Å². The van der Waals surface area contributed by atoms with Crippen LogP contribution >= 0.6 is 0 Å². The standard InChI is InChI=1S/C14H21FO2/c1-11-6-13(9-14(15)7-11)8-12(10-17)4-2-3-5-16/h6-7,9,12,16-17H,2-5,8,10H2,1H3/t12-/m0/s1. The summed E-state index contributed by atoms with van der Waals surface area (Å²) in [5, 5.41) is 18.0. The van der Waals surface area contributed by atoms with E-state index in [0.717, 1.165) is 30.4 Å². The Hall–Kier alpha value is -0.930. The molecule has 0 fully saturated rings. The van der Waals surface area contributed by atoms with Crippen molar-refractivity contribution in [2.45, 2.75) is 32.6 Å². The zero-order chi connectivity index (χ0) is 12.7. The number of benzene rings is 1. The fourth-order valence-corrected chi connectivity index (χ4v) is 2.07. The topological polar surface area (TPSA) is 40.5 Å². The van der Waals surface area contributed by atoms with Crippen molar-refractivity contribution in [2.24, 2.45) is 5.92 Å². The number of aliphatic hydroxyl groups excluding tert-OH is 2. The van der Waals surface area contributed by atoms with E-state index in [1.165, 1.54) is 12.1 Å². The molecule has 17 heavy (non-hydrogen) atoms. The van der Waals surface area contributed by atoms with E-state index in [-0.39, 0.29) is 24.9 Å². The summed E-state index contributed by atoms with van der Waals surface area (Å²) in [6.45, 7) is 2.17. The lowest BCUT2D eigenvalue weighted by atomic mass is 9.94. The Morgan fingerprint density at radius 1 is 1.18 bits per heavy atom. The van der Waals surface area contributed by atoms with E-state index in [1.54, 1.807) is 0 Å². The number of aliphatic hydroxyl groups is 2. The van der Waals surface area contributed by atoms with Crippen LogP contribution in [0.2, 0.25) is 0 Å². The van der Waals surface area contributed by atoms with Crippen molar-refractivity contribution in [2.75, 3.05) is 13.2 Å². The lowest BCUT2D eigenvalue weighted by Crippen LogP contribution is -2.10. The fourth-order valence-electron chi connectivity index (χ4n) is 2.07. The molecule has 0 saturated carbocycles. The number of halogens is 1. The van der Waals surface area contributed by atoms with E-state index in [9.17, 15) is 9.50 Å². The summed E-state index contributed by atoms with van der Waals surface area (Å²) in [4.78, 5) is 0. The summed E-state index contributed by atoms with van der Waals surface area (Å²) in [5.74, 6) is -0.0604. The van der Waals surface area contributed by atoms with Gasteiger partial charge in [0.1, 0.15) is 5.82 Å². The van der Waals surface area contributed by atoms with E-state index in [1.807, 2.05) is 13.0 Å². The Balaban J connectivity index is 2.54. The molecule has 1 rings (SSSR count). The molecule has 0 saturated heterocycles. The monoisotopic (exact) mass is 240 g/mol. The van der Waals surface area contributed by atoms with Crippen molar-refractivity contribution in [1.29, 1.82) is 0 Å². The van der Waals surface area contributed by atoms with Crippen molar-refractivity contribution in [3.8, 4) is 0 Å². The highest BCUT2D eigenvalue weighted by Crippen LogP contribution is 2.17. The third-order valence-corrected chi connectivity index (χ3v) is 2.90. The molecule has 0 aliphatic carbocycles. The highest BCUT2D eigenvalue weighted by atomic mass is 19.1. The molecule has 0 bridgehead atoms. The second kappa shape index (κ2) is 7.41. The third-order valence-electron chi connectivity index (χ3n) is 2.90. The average Bonchev–Trinajstić information content (AvgIpc) is 2.26. The maximum absolute atomic E-state index is 13.2. The summed E-state index contributed by atoms with van der Waals surface area (Å²) >= 11 is 0. The summed E-state index contributed by atoms with van der Waals surface area (Å²) in [5.41, 5.74) is 1.84. The van der Waals surface area contributed by atoms with Crippen LogP contribution in [0.5, 0.6) is 0 Å². The minimum Gasteiger partial charge on any atom is -0.396 e. The summed E-state index contributed by atoms with van der Waals surface area (Å²) in [7, 11) is 0. The van der Waals surface area contributed by atoms with Gasteiger partial charge < -0.3 is 10.2 Å². The smallest absolute Gasteiger partial charge is 0.123 e. The van der Waals surface area contributed by atoms with Crippen LogP contribution in [-0.2, 0) is 6.42 Å². The van der Waals surface area contributed by atoms with Crippen LogP contribution in [0.15, 0.2) is 18.2 Å². The molecule has 0 spiro atoms. The van der Waals surface area contributed by atoms with Gasteiger partial charge in [-0.2, -0.15) is 0 Å².